The summed E-state index contributed by atoms with van der Waals surface area (Å²) in [4.78, 5) is 0. The lowest BCUT2D eigenvalue weighted by molar-refractivity contribution is 0.150. The predicted molar refractivity (Wildman–Crippen MR) is 68.5 cm³/mol. The standard InChI is InChI=1S/C12H24O2Si/c1-5-9-11(7-3)13-15-14-12(8-4)10-6-2/h7-8,11-12H,3-6,9-10,15H2,1-2H3. The lowest BCUT2D eigenvalue weighted by atomic mass is 10.2. The minimum atomic E-state index is -0.889. The van der Waals surface area contributed by atoms with Gasteiger partial charge in [-0.15, -0.1) is 13.2 Å². The molecule has 0 aromatic rings. The highest BCUT2D eigenvalue weighted by molar-refractivity contribution is 6.18. The quantitative estimate of drug-likeness (QED) is 0.423. The van der Waals surface area contributed by atoms with Crippen molar-refractivity contribution in [3.05, 3.63) is 25.3 Å². The Kier molecular flexibility index (Phi) is 9.89. The molecule has 3 heteroatoms. The summed E-state index contributed by atoms with van der Waals surface area (Å²) in [6, 6.07) is 0. The van der Waals surface area contributed by atoms with Crippen LogP contribution in [0.25, 0.3) is 0 Å². The highest BCUT2D eigenvalue weighted by atomic mass is 28.3. The summed E-state index contributed by atoms with van der Waals surface area (Å²) < 4.78 is 11.3. The molecule has 0 aliphatic heterocycles. The van der Waals surface area contributed by atoms with Gasteiger partial charge in [-0.2, -0.15) is 0 Å². The SMILES string of the molecule is C=CC(CCC)O[SiH2]OC(C=C)CCC. The van der Waals surface area contributed by atoms with Crippen molar-refractivity contribution in [2.75, 3.05) is 0 Å². The van der Waals surface area contributed by atoms with Crippen LogP contribution in [0.1, 0.15) is 39.5 Å². The maximum atomic E-state index is 5.66. The van der Waals surface area contributed by atoms with Crippen LogP contribution in [0.2, 0.25) is 0 Å². The van der Waals surface area contributed by atoms with Crippen LogP contribution in [0.3, 0.4) is 0 Å². The van der Waals surface area contributed by atoms with E-state index in [1.165, 1.54) is 0 Å². The van der Waals surface area contributed by atoms with E-state index in [4.69, 9.17) is 8.85 Å². The van der Waals surface area contributed by atoms with Crippen LogP contribution in [-0.4, -0.2) is 22.2 Å². The van der Waals surface area contributed by atoms with Crippen molar-refractivity contribution in [1.29, 1.82) is 0 Å². The van der Waals surface area contributed by atoms with Crippen LogP contribution in [0.4, 0.5) is 0 Å². The number of hydrogen-bond donors (Lipinski definition) is 0. The normalized spacial score (nSPS) is 15.3. The van der Waals surface area contributed by atoms with Gasteiger partial charge in [0.2, 0.25) is 0 Å². The van der Waals surface area contributed by atoms with Crippen molar-refractivity contribution in [3.8, 4) is 0 Å². The Balaban J connectivity index is 3.64. The Bertz CT molecular complexity index is 153. The van der Waals surface area contributed by atoms with Gasteiger partial charge in [0.05, 0.1) is 12.2 Å². The molecule has 2 nitrogen and oxygen atoms in total. The van der Waals surface area contributed by atoms with E-state index in [0.717, 1.165) is 25.7 Å². The molecular weight excluding hydrogens is 204 g/mol. The summed E-state index contributed by atoms with van der Waals surface area (Å²) in [5, 5.41) is 0. The summed E-state index contributed by atoms with van der Waals surface area (Å²) in [5.41, 5.74) is 0. The molecule has 0 aliphatic rings. The van der Waals surface area contributed by atoms with Gasteiger partial charge in [-0.25, -0.2) is 0 Å². The molecule has 0 bridgehead atoms. The molecule has 0 aliphatic carbocycles. The molecule has 2 atom stereocenters. The smallest absolute Gasteiger partial charge is 0.305 e. The fourth-order valence-corrected chi connectivity index (χ4v) is 2.36. The second kappa shape index (κ2) is 10.1. The van der Waals surface area contributed by atoms with Crippen LogP contribution >= 0.6 is 0 Å². The van der Waals surface area contributed by atoms with Gasteiger partial charge in [0.15, 0.2) is 0 Å². The maximum Gasteiger partial charge on any atom is 0.305 e. The van der Waals surface area contributed by atoms with Crippen LogP contribution < -0.4 is 0 Å². The summed E-state index contributed by atoms with van der Waals surface area (Å²) >= 11 is 0. The third kappa shape index (κ3) is 7.53. The lowest BCUT2D eigenvalue weighted by Crippen LogP contribution is -2.20. The first-order valence-corrected chi connectivity index (χ1v) is 6.92. The second-order valence-corrected chi connectivity index (χ2v) is 4.48. The number of rotatable bonds is 10. The Morgan fingerprint density at radius 2 is 1.40 bits per heavy atom. The Labute approximate surface area is 96.4 Å². The largest absolute Gasteiger partial charge is 0.392 e. The van der Waals surface area contributed by atoms with E-state index in [0.29, 0.717) is 0 Å². The van der Waals surface area contributed by atoms with Gasteiger partial charge in [0, 0.05) is 0 Å². The second-order valence-electron chi connectivity index (χ2n) is 3.58. The summed E-state index contributed by atoms with van der Waals surface area (Å²) in [6.07, 6.45) is 8.38. The molecule has 88 valence electrons. The zero-order chi connectivity index (χ0) is 11.5. The fourth-order valence-electron chi connectivity index (χ4n) is 1.32. The molecule has 0 aromatic carbocycles. The van der Waals surface area contributed by atoms with Gasteiger partial charge >= 0.3 is 10.0 Å². The van der Waals surface area contributed by atoms with E-state index in [1.807, 2.05) is 12.2 Å². The van der Waals surface area contributed by atoms with Gasteiger partial charge in [-0.05, 0) is 12.8 Å². The first kappa shape index (κ1) is 14.6. The molecular formula is C12H24O2Si. The monoisotopic (exact) mass is 228 g/mol. The first-order chi connectivity index (χ1) is 7.28. The van der Waals surface area contributed by atoms with Crippen molar-refractivity contribution >= 4 is 10.0 Å². The fraction of sp³-hybridized carbons (Fsp3) is 0.667. The topological polar surface area (TPSA) is 18.5 Å². The Morgan fingerprint density at radius 1 is 1.00 bits per heavy atom. The van der Waals surface area contributed by atoms with Crippen LogP contribution in [0.5, 0.6) is 0 Å². The average molecular weight is 228 g/mol. The molecule has 2 unspecified atom stereocenters. The van der Waals surface area contributed by atoms with E-state index in [1.54, 1.807) is 0 Å². The highest BCUT2D eigenvalue weighted by Gasteiger charge is 2.06. The molecule has 0 aromatic heterocycles. The van der Waals surface area contributed by atoms with Gasteiger partial charge in [0.25, 0.3) is 0 Å². The molecule has 0 amide bonds. The zero-order valence-electron chi connectivity index (χ0n) is 10.1. The Morgan fingerprint density at radius 3 is 1.67 bits per heavy atom. The lowest BCUT2D eigenvalue weighted by Gasteiger charge is -2.16. The molecule has 0 heterocycles. The molecule has 0 spiro atoms. The third-order valence-corrected chi connectivity index (χ3v) is 3.36. The van der Waals surface area contributed by atoms with Crippen LogP contribution in [0.15, 0.2) is 25.3 Å². The van der Waals surface area contributed by atoms with E-state index < -0.39 is 10.0 Å². The molecule has 15 heavy (non-hydrogen) atoms. The van der Waals surface area contributed by atoms with Gasteiger partial charge in [-0.1, -0.05) is 38.8 Å². The van der Waals surface area contributed by atoms with Crippen molar-refractivity contribution in [2.24, 2.45) is 0 Å². The molecule has 0 radical (unpaired) electrons. The maximum absolute atomic E-state index is 5.66. The average Bonchev–Trinajstić information content (AvgIpc) is 2.26. The minimum Gasteiger partial charge on any atom is -0.392 e. The third-order valence-electron chi connectivity index (χ3n) is 2.24. The van der Waals surface area contributed by atoms with Crippen molar-refractivity contribution in [2.45, 2.75) is 51.7 Å². The summed E-state index contributed by atoms with van der Waals surface area (Å²) in [7, 11) is -0.889. The van der Waals surface area contributed by atoms with Gasteiger partial charge in [0.1, 0.15) is 0 Å². The summed E-state index contributed by atoms with van der Waals surface area (Å²) in [5.74, 6) is 0. The van der Waals surface area contributed by atoms with Crippen molar-refractivity contribution < 1.29 is 8.85 Å². The van der Waals surface area contributed by atoms with E-state index in [-0.39, 0.29) is 12.2 Å². The Hall–Kier alpha value is -0.383. The van der Waals surface area contributed by atoms with Crippen LogP contribution in [0, 0.1) is 0 Å². The van der Waals surface area contributed by atoms with E-state index in [9.17, 15) is 0 Å². The zero-order valence-corrected chi connectivity index (χ0v) is 11.5. The van der Waals surface area contributed by atoms with E-state index >= 15 is 0 Å². The number of hydrogen-bond acceptors (Lipinski definition) is 2. The van der Waals surface area contributed by atoms with Crippen molar-refractivity contribution in [1.82, 2.24) is 0 Å². The van der Waals surface area contributed by atoms with Gasteiger partial charge < -0.3 is 8.85 Å². The minimum absolute atomic E-state index is 0.175. The molecule has 0 saturated heterocycles. The van der Waals surface area contributed by atoms with Gasteiger partial charge in [-0.3, -0.25) is 0 Å². The van der Waals surface area contributed by atoms with Crippen LogP contribution in [-0.2, 0) is 8.85 Å². The van der Waals surface area contributed by atoms with E-state index in [2.05, 4.69) is 27.0 Å². The summed E-state index contributed by atoms with van der Waals surface area (Å²) in [6.45, 7) is 11.8. The molecule has 0 fully saturated rings. The predicted octanol–water partition coefficient (Wildman–Crippen LogP) is 2.73. The first-order valence-electron chi connectivity index (χ1n) is 5.76. The highest BCUT2D eigenvalue weighted by Crippen LogP contribution is 2.05. The van der Waals surface area contributed by atoms with Crippen molar-refractivity contribution in [3.63, 3.8) is 0 Å². The molecule has 0 saturated carbocycles. The molecule has 0 N–H and O–H groups in total. The molecule has 0 rings (SSSR count).